The minimum Gasteiger partial charge on any atom is -0.343 e. The van der Waals surface area contributed by atoms with Crippen LogP contribution in [-0.4, -0.2) is 30.4 Å². The average Bonchev–Trinajstić information content (AvgIpc) is 3.29. The topological polar surface area (TPSA) is 32.3 Å². The van der Waals surface area contributed by atoms with Gasteiger partial charge in [0.05, 0.1) is 12.6 Å². The second kappa shape index (κ2) is 9.16. The summed E-state index contributed by atoms with van der Waals surface area (Å²) >= 11 is 1.58. The second-order valence-electron chi connectivity index (χ2n) is 7.15. The van der Waals surface area contributed by atoms with Crippen LogP contribution in [0.1, 0.15) is 28.5 Å². The smallest absolute Gasteiger partial charge is 0.234 e. The Labute approximate surface area is 174 Å². The van der Waals surface area contributed by atoms with E-state index in [1.54, 1.807) is 23.5 Å². The van der Waals surface area contributed by atoms with Gasteiger partial charge in [0.1, 0.15) is 5.82 Å². The molecule has 2 aromatic carbocycles. The lowest BCUT2D eigenvalue weighted by Gasteiger charge is -2.27. The van der Waals surface area contributed by atoms with Crippen molar-refractivity contribution >= 4 is 22.8 Å². The van der Waals surface area contributed by atoms with Crippen molar-refractivity contribution in [2.24, 2.45) is 0 Å². The van der Waals surface area contributed by atoms with Crippen LogP contribution in [0, 0.1) is 5.82 Å². The van der Waals surface area contributed by atoms with E-state index < -0.39 is 0 Å². The van der Waals surface area contributed by atoms with Crippen molar-refractivity contribution < 1.29 is 9.18 Å². The Morgan fingerprint density at radius 1 is 1.07 bits per heavy atom. The maximum Gasteiger partial charge on any atom is 0.234 e. The van der Waals surface area contributed by atoms with Crippen LogP contribution < -0.4 is 5.32 Å². The molecule has 29 heavy (non-hydrogen) atoms. The van der Waals surface area contributed by atoms with E-state index in [-0.39, 0.29) is 17.8 Å². The first-order valence-corrected chi connectivity index (χ1v) is 10.6. The van der Waals surface area contributed by atoms with E-state index in [9.17, 15) is 9.18 Å². The van der Waals surface area contributed by atoms with Gasteiger partial charge in [-0.2, -0.15) is 0 Å². The van der Waals surface area contributed by atoms with Crippen molar-refractivity contribution in [3.05, 3.63) is 100 Å². The lowest BCUT2D eigenvalue weighted by atomic mass is 9.99. The van der Waals surface area contributed by atoms with Crippen LogP contribution in [0.4, 0.5) is 4.39 Å². The van der Waals surface area contributed by atoms with Gasteiger partial charge in [-0.1, -0.05) is 54.6 Å². The lowest BCUT2D eigenvalue weighted by Crippen LogP contribution is -2.40. The number of hydrogen-bond donors (Lipinski definition) is 1. The third-order valence-electron chi connectivity index (χ3n) is 5.14. The highest BCUT2D eigenvalue weighted by atomic mass is 32.1. The number of carbonyl (C=O) groups excluding carboxylic acids is 1. The Hall–Kier alpha value is -2.76. The Morgan fingerprint density at radius 2 is 1.86 bits per heavy atom. The molecule has 1 amide bonds. The normalized spacial score (nSPS) is 15.6. The summed E-state index contributed by atoms with van der Waals surface area (Å²) in [5.41, 5.74) is 3.47. The minimum absolute atomic E-state index is 0.0238. The number of benzene rings is 2. The number of halogens is 1. The van der Waals surface area contributed by atoms with Crippen LogP contribution in [0.25, 0.3) is 5.57 Å². The standard InChI is InChI=1S/C24H23FN2OS/c25-21-10-8-20(9-11-21)24(22-7-4-16-29-22)26-23(28)17-27-14-12-19(13-15-27)18-5-2-1-3-6-18/h1-12,16,24H,13-15,17H2,(H,26,28)/t24-/m1/s1. The van der Waals surface area contributed by atoms with Gasteiger partial charge in [-0.25, -0.2) is 4.39 Å². The van der Waals surface area contributed by atoms with Gasteiger partial charge in [0.2, 0.25) is 5.91 Å². The molecular formula is C24H23FN2OS. The molecule has 0 saturated heterocycles. The van der Waals surface area contributed by atoms with E-state index in [4.69, 9.17) is 0 Å². The van der Waals surface area contributed by atoms with E-state index in [2.05, 4.69) is 40.6 Å². The molecule has 0 aliphatic carbocycles. The zero-order valence-electron chi connectivity index (χ0n) is 16.1. The number of rotatable bonds is 6. The van der Waals surface area contributed by atoms with Gasteiger partial charge in [-0.3, -0.25) is 9.69 Å². The van der Waals surface area contributed by atoms with Crippen molar-refractivity contribution in [2.45, 2.75) is 12.5 Å². The second-order valence-corrected chi connectivity index (χ2v) is 8.13. The summed E-state index contributed by atoms with van der Waals surface area (Å²) in [4.78, 5) is 16.0. The quantitative estimate of drug-likeness (QED) is 0.633. The third kappa shape index (κ3) is 5.00. The van der Waals surface area contributed by atoms with E-state index in [0.717, 1.165) is 30.0 Å². The number of carbonyl (C=O) groups is 1. The molecule has 1 aromatic heterocycles. The molecule has 148 valence electrons. The van der Waals surface area contributed by atoms with Crippen molar-refractivity contribution in [2.75, 3.05) is 19.6 Å². The molecule has 1 aliphatic heterocycles. The zero-order chi connectivity index (χ0) is 20.1. The SMILES string of the molecule is O=C(CN1CC=C(c2ccccc2)CC1)N[C@H](c1ccc(F)cc1)c1cccs1. The van der Waals surface area contributed by atoms with Gasteiger partial charge in [0, 0.05) is 18.0 Å². The summed E-state index contributed by atoms with van der Waals surface area (Å²) in [6, 6.07) is 20.4. The van der Waals surface area contributed by atoms with Crippen LogP contribution in [-0.2, 0) is 4.79 Å². The summed E-state index contributed by atoms with van der Waals surface area (Å²) in [5.74, 6) is -0.302. The predicted octanol–water partition coefficient (Wildman–Crippen LogP) is 4.88. The number of hydrogen-bond acceptors (Lipinski definition) is 3. The van der Waals surface area contributed by atoms with Gasteiger partial charge in [-0.15, -0.1) is 11.3 Å². The Bertz CT molecular complexity index is 968. The predicted molar refractivity (Wildman–Crippen MR) is 116 cm³/mol. The summed E-state index contributed by atoms with van der Waals surface area (Å²) in [5, 5.41) is 5.12. The molecule has 2 heterocycles. The van der Waals surface area contributed by atoms with Crippen LogP contribution in [0.15, 0.2) is 78.2 Å². The average molecular weight is 407 g/mol. The van der Waals surface area contributed by atoms with E-state index in [1.807, 2.05) is 23.6 Å². The molecule has 4 rings (SSSR count). The zero-order valence-corrected chi connectivity index (χ0v) is 16.9. The minimum atomic E-state index is -0.278. The molecule has 1 atom stereocenters. The molecule has 0 unspecified atom stereocenters. The van der Waals surface area contributed by atoms with Gasteiger partial charge in [0.25, 0.3) is 0 Å². The lowest BCUT2D eigenvalue weighted by molar-refractivity contribution is -0.122. The molecule has 3 nitrogen and oxygen atoms in total. The highest BCUT2D eigenvalue weighted by Crippen LogP contribution is 2.26. The molecule has 5 heteroatoms. The number of nitrogens with one attached hydrogen (secondary N) is 1. The van der Waals surface area contributed by atoms with Crippen LogP contribution in [0.5, 0.6) is 0 Å². The summed E-state index contributed by atoms with van der Waals surface area (Å²) in [6.07, 6.45) is 3.15. The number of amides is 1. The van der Waals surface area contributed by atoms with E-state index >= 15 is 0 Å². The third-order valence-corrected chi connectivity index (χ3v) is 6.08. The van der Waals surface area contributed by atoms with Gasteiger partial charge >= 0.3 is 0 Å². The van der Waals surface area contributed by atoms with Crippen molar-refractivity contribution in [3.8, 4) is 0 Å². The fraction of sp³-hybridized carbons (Fsp3) is 0.208. The largest absolute Gasteiger partial charge is 0.343 e. The molecule has 0 bridgehead atoms. The Morgan fingerprint density at radius 3 is 2.52 bits per heavy atom. The molecule has 0 spiro atoms. The molecule has 1 N–H and O–H groups in total. The Kier molecular flexibility index (Phi) is 6.17. The maximum atomic E-state index is 13.3. The number of thiophene rings is 1. The highest BCUT2D eigenvalue weighted by Gasteiger charge is 2.21. The van der Waals surface area contributed by atoms with Gasteiger partial charge in [0.15, 0.2) is 0 Å². The summed E-state index contributed by atoms with van der Waals surface area (Å²) in [7, 11) is 0. The summed E-state index contributed by atoms with van der Waals surface area (Å²) in [6.45, 7) is 1.97. The van der Waals surface area contributed by atoms with Crippen LogP contribution >= 0.6 is 11.3 Å². The Balaban J connectivity index is 1.40. The first-order valence-electron chi connectivity index (χ1n) is 9.74. The summed E-state index contributed by atoms with van der Waals surface area (Å²) < 4.78 is 13.3. The first-order chi connectivity index (χ1) is 14.2. The van der Waals surface area contributed by atoms with Gasteiger partial charge < -0.3 is 5.32 Å². The molecule has 0 radical (unpaired) electrons. The monoisotopic (exact) mass is 406 g/mol. The van der Waals surface area contributed by atoms with Crippen molar-refractivity contribution in [3.63, 3.8) is 0 Å². The fourth-order valence-electron chi connectivity index (χ4n) is 3.61. The first kappa shape index (κ1) is 19.6. The molecular weight excluding hydrogens is 383 g/mol. The molecule has 1 aliphatic rings. The van der Waals surface area contributed by atoms with E-state index in [0.29, 0.717) is 6.54 Å². The highest BCUT2D eigenvalue weighted by molar-refractivity contribution is 7.10. The van der Waals surface area contributed by atoms with Crippen LogP contribution in [0.3, 0.4) is 0 Å². The van der Waals surface area contributed by atoms with Crippen molar-refractivity contribution in [1.82, 2.24) is 10.2 Å². The van der Waals surface area contributed by atoms with E-state index in [1.165, 1.54) is 23.3 Å². The maximum absolute atomic E-state index is 13.3. The fourth-order valence-corrected chi connectivity index (χ4v) is 4.41. The molecule has 0 saturated carbocycles. The number of nitrogens with zero attached hydrogens (tertiary/aromatic N) is 1. The molecule has 3 aromatic rings. The van der Waals surface area contributed by atoms with Crippen LogP contribution in [0.2, 0.25) is 0 Å². The molecule has 0 fully saturated rings. The van der Waals surface area contributed by atoms with Gasteiger partial charge in [-0.05, 0) is 46.7 Å². The van der Waals surface area contributed by atoms with Crippen molar-refractivity contribution in [1.29, 1.82) is 0 Å².